The highest BCUT2D eigenvalue weighted by atomic mass is 31.2. The number of aromatic nitrogens is 2. The zero-order valence-corrected chi connectivity index (χ0v) is 14.7. The summed E-state index contributed by atoms with van der Waals surface area (Å²) in [5.41, 5.74) is -0.975. The van der Waals surface area contributed by atoms with Crippen LogP contribution in [0.25, 0.3) is 0 Å². The molecule has 1 atom stereocenters. The lowest BCUT2D eigenvalue weighted by molar-refractivity contribution is -0.122. The first-order valence-electron chi connectivity index (χ1n) is 7.37. The number of nitrogens with zero attached hydrogens (tertiary/aromatic N) is 1. The van der Waals surface area contributed by atoms with Crippen LogP contribution in [-0.2, 0) is 25.0 Å². The van der Waals surface area contributed by atoms with Crippen molar-refractivity contribution < 1.29 is 23.5 Å². The molecule has 1 amide bonds. The Morgan fingerprint density at radius 1 is 1.38 bits per heavy atom. The molecule has 0 radical (unpaired) electrons. The van der Waals surface area contributed by atoms with Crippen LogP contribution in [0.1, 0.15) is 19.4 Å². The molecule has 0 bridgehead atoms. The number of aryl methyl sites for hydroxylation is 1. The number of aromatic amines is 1. The maximum absolute atomic E-state index is 12.3. The fourth-order valence-electron chi connectivity index (χ4n) is 1.83. The molecular formula is C13H22N3O7P. The van der Waals surface area contributed by atoms with E-state index < -0.39 is 30.6 Å². The first-order chi connectivity index (χ1) is 11.2. The van der Waals surface area contributed by atoms with E-state index >= 15 is 0 Å². The van der Waals surface area contributed by atoms with E-state index in [-0.39, 0.29) is 31.9 Å². The fraction of sp³-hybridized carbons (Fsp3) is 0.615. The van der Waals surface area contributed by atoms with E-state index in [0.717, 1.165) is 4.57 Å². The number of nitrogens with one attached hydrogen (secondary N) is 2. The van der Waals surface area contributed by atoms with Crippen LogP contribution in [-0.4, -0.2) is 46.2 Å². The highest BCUT2D eigenvalue weighted by Gasteiger charge is 2.34. The van der Waals surface area contributed by atoms with Gasteiger partial charge in [-0.1, -0.05) is 0 Å². The third-order valence-electron chi connectivity index (χ3n) is 2.97. The van der Waals surface area contributed by atoms with Crippen molar-refractivity contribution in [3.63, 3.8) is 0 Å². The van der Waals surface area contributed by atoms with E-state index in [2.05, 4.69) is 10.3 Å². The molecule has 10 nitrogen and oxygen atoms in total. The Kier molecular flexibility index (Phi) is 7.56. The van der Waals surface area contributed by atoms with Gasteiger partial charge < -0.3 is 19.5 Å². The Balaban J connectivity index is 2.69. The number of amides is 1. The van der Waals surface area contributed by atoms with E-state index in [0.29, 0.717) is 0 Å². The number of H-pyrrole nitrogens is 1. The van der Waals surface area contributed by atoms with Crippen molar-refractivity contribution in [2.24, 2.45) is 0 Å². The van der Waals surface area contributed by atoms with Crippen LogP contribution >= 0.6 is 7.60 Å². The average Bonchev–Trinajstić information content (AvgIpc) is 2.50. The predicted molar refractivity (Wildman–Crippen MR) is 85.9 cm³/mol. The van der Waals surface area contributed by atoms with Crippen molar-refractivity contribution in [3.05, 3.63) is 32.6 Å². The highest BCUT2D eigenvalue weighted by Crippen LogP contribution is 2.51. The molecule has 1 unspecified atom stereocenters. The third-order valence-corrected chi connectivity index (χ3v) is 5.12. The van der Waals surface area contributed by atoms with Crippen LogP contribution in [0.5, 0.6) is 0 Å². The van der Waals surface area contributed by atoms with Gasteiger partial charge in [0.1, 0.15) is 6.54 Å². The van der Waals surface area contributed by atoms with E-state index in [1.54, 1.807) is 13.8 Å². The molecule has 0 aromatic carbocycles. The summed E-state index contributed by atoms with van der Waals surface area (Å²) in [4.78, 5) is 36.8. The van der Waals surface area contributed by atoms with Gasteiger partial charge in [-0.3, -0.25) is 23.7 Å². The van der Waals surface area contributed by atoms with Crippen molar-refractivity contribution in [2.45, 2.75) is 33.2 Å². The number of rotatable bonds is 9. The summed E-state index contributed by atoms with van der Waals surface area (Å²) in [6.07, 6.45) is 1.25. The quantitative estimate of drug-likeness (QED) is 0.505. The Morgan fingerprint density at radius 3 is 2.50 bits per heavy atom. The van der Waals surface area contributed by atoms with Crippen LogP contribution < -0.4 is 16.6 Å². The van der Waals surface area contributed by atoms with Gasteiger partial charge in [-0.25, -0.2) is 4.79 Å². The van der Waals surface area contributed by atoms with E-state index in [1.165, 1.54) is 13.1 Å². The Bertz CT molecular complexity index is 717. The summed E-state index contributed by atoms with van der Waals surface area (Å²) in [6, 6.07) is 0. The maximum atomic E-state index is 12.3. The minimum absolute atomic E-state index is 0.0777. The molecule has 24 heavy (non-hydrogen) atoms. The second kappa shape index (κ2) is 8.93. The number of carbonyl (C=O) groups is 1. The minimum atomic E-state index is -3.75. The molecular weight excluding hydrogens is 341 g/mol. The second-order valence-electron chi connectivity index (χ2n) is 4.86. The molecule has 3 N–H and O–H groups in total. The van der Waals surface area contributed by atoms with Gasteiger partial charge in [-0.05, 0) is 20.8 Å². The SMILES string of the molecule is CCOP(=O)(OCC)C(O)CNC(=O)Cn1cc(C)c(=O)[nH]c1=O. The summed E-state index contributed by atoms with van der Waals surface area (Å²) in [5.74, 6) is -2.14. The van der Waals surface area contributed by atoms with Gasteiger partial charge in [0.25, 0.3) is 5.56 Å². The summed E-state index contributed by atoms with van der Waals surface area (Å²) in [7, 11) is -3.75. The zero-order valence-electron chi connectivity index (χ0n) is 13.8. The van der Waals surface area contributed by atoms with Gasteiger partial charge in [0.05, 0.1) is 19.8 Å². The van der Waals surface area contributed by atoms with Crippen LogP contribution in [0.15, 0.2) is 15.8 Å². The van der Waals surface area contributed by atoms with Crippen LogP contribution in [0.2, 0.25) is 0 Å². The number of aliphatic hydroxyl groups is 1. The van der Waals surface area contributed by atoms with Gasteiger partial charge in [-0.15, -0.1) is 0 Å². The fourth-order valence-corrected chi connectivity index (χ4v) is 3.29. The van der Waals surface area contributed by atoms with Gasteiger partial charge in [0, 0.05) is 11.8 Å². The monoisotopic (exact) mass is 363 g/mol. The largest absolute Gasteiger partial charge is 0.379 e. The summed E-state index contributed by atoms with van der Waals surface area (Å²) < 4.78 is 23.2. The van der Waals surface area contributed by atoms with Crippen LogP contribution in [0.4, 0.5) is 0 Å². The lowest BCUT2D eigenvalue weighted by Gasteiger charge is -2.22. The maximum Gasteiger partial charge on any atom is 0.360 e. The molecule has 11 heteroatoms. The van der Waals surface area contributed by atoms with Crippen LogP contribution in [0.3, 0.4) is 0 Å². The molecule has 0 fully saturated rings. The lowest BCUT2D eigenvalue weighted by atomic mass is 10.4. The number of carbonyl (C=O) groups excluding carboxylic acids is 1. The van der Waals surface area contributed by atoms with Gasteiger partial charge in [-0.2, -0.15) is 0 Å². The van der Waals surface area contributed by atoms with Gasteiger partial charge in [0.2, 0.25) is 5.91 Å². The molecule has 1 aromatic heterocycles. The molecule has 0 aliphatic rings. The van der Waals surface area contributed by atoms with Crippen molar-refractivity contribution in [2.75, 3.05) is 19.8 Å². The minimum Gasteiger partial charge on any atom is -0.379 e. The van der Waals surface area contributed by atoms with Crippen molar-refractivity contribution in [1.29, 1.82) is 0 Å². The molecule has 136 valence electrons. The average molecular weight is 363 g/mol. The predicted octanol–water partition coefficient (Wildman–Crippen LogP) is -0.454. The molecule has 1 rings (SSSR count). The molecule has 0 aliphatic carbocycles. The molecule has 1 heterocycles. The number of aliphatic hydroxyl groups excluding tert-OH is 1. The summed E-state index contributed by atoms with van der Waals surface area (Å²) in [6.45, 7) is 4.12. The van der Waals surface area contributed by atoms with Gasteiger partial charge in [0.15, 0.2) is 5.85 Å². The molecule has 0 saturated carbocycles. The number of hydrogen-bond donors (Lipinski definition) is 3. The van der Waals surface area contributed by atoms with Crippen molar-refractivity contribution in [1.82, 2.24) is 14.9 Å². The topological polar surface area (TPSA) is 140 Å². The first kappa shape index (κ1) is 20.3. The van der Waals surface area contributed by atoms with E-state index in [1.807, 2.05) is 0 Å². The smallest absolute Gasteiger partial charge is 0.360 e. The first-order valence-corrected chi connectivity index (χ1v) is 8.98. The van der Waals surface area contributed by atoms with Gasteiger partial charge >= 0.3 is 13.3 Å². The highest BCUT2D eigenvalue weighted by molar-refractivity contribution is 7.54. The molecule has 0 spiro atoms. The third kappa shape index (κ3) is 5.41. The van der Waals surface area contributed by atoms with Crippen LogP contribution in [0, 0.1) is 6.92 Å². The lowest BCUT2D eigenvalue weighted by Crippen LogP contribution is -2.39. The Hall–Kier alpha value is -1.74. The Labute approximate surface area is 138 Å². The van der Waals surface area contributed by atoms with E-state index in [4.69, 9.17) is 9.05 Å². The summed E-state index contributed by atoms with van der Waals surface area (Å²) in [5, 5.41) is 12.3. The standard InChI is InChI=1S/C13H22N3O7P/c1-4-22-24(21,23-5-2)11(18)6-14-10(17)8-16-7-9(3)12(19)15-13(16)20/h7,11,18H,4-6,8H2,1-3H3,(H,14,17)(H,15,19,20). The van der Waals surface area contributed by atoms with Crippen molar-refractivity contribution >= 4 is 13.5 Å². The summed E-state index contributed by atoms with van der Waals surface area (Å²) >= 11 is 0. The number of hydrogen-bond acceptors (Lipinski definition) is 7. The molecule has 0 saturated heterocycles. The van der Waals surface area contributed by atoms with E-state index in [9.17, 15) is 24.1 Å². The normalized spacial score (nSPS) is 12.8. The van der Waals surface area contributed by atoms with Crippen molar-refractivity contribution in [3.8, 4) is 0 Å². The Morgan fingerprint density at radius 2 is 1.96 bits per heavy atom. The molecule has 1 aromatic rings. The molecule has 0 aliphatic heterocycles. The second-order valence-corrected chi connectivity index (χ2v) is 7.05. The zero-order chi connectivity index (χ0) is 18.3.